The summed E-state index contributed by atoms with van der Waals surface area (Å²) < 4.78 is 0. The van der Waals surface area contributed by atoms with Crippen molar-refractivity contribution >= 4 is 10.9 Å². The van der Waals surface area contributed by atoms with Crippen LogP contribution in [0.3, 0.4) is 0 Å². The van der Waals surface area contributed by atoms with E-state index in [-0.39, 0.29) is 5.41 Å². The molecule has 0 aliphatic heterocycles. The zero-order valence-corrected chi connectivity index (χ0v) is 17.2. The van der Waals surface area contributed by atoms with Gasteiger partial charge in [0.15, 0.2) is 0 Å². The highest BCUT2D eigenvalue weighted by atomic mass is 14.7. The summed E-state index contributed by atoms with van der Waals surface area (Å²) in [6.45, 7) is 8.99. The maximum atomic E-state index is 5.00. The van der Waals surface area contributed by atoms with Crippen molar-refractivity contribution in [1.29, 1.82) is 0 Å². The largest absolute Gasteiger partial charge is 0.248 e. The lowest BCUT2D eigenvalue weighted by Gasteiger charge is -2.22. The summed E-state index contributed by atoms with van der Waals surface area (Å²) in [5.41, 5.74) is 7.71. The van der Waals surface area contributed by atoms with Crippen LogP contribution in [0.2, 0.25) is 0 Å². The van der Waals surface area contributed by atoms with Crippen LogP contribution in [0.4, 0.5) is 0 Å². The van der Waals surface area contributed by atoms with Crippen LogP contribution in [-0.4, -0.2) is 4.98 Å². The summed E-state index contributed by atoms with van der Waals surface area (Å²) in [4.78, 5) is 5.00. The molecule has 0 N–H and O–H groups in total. The fourth-order valence-corrected chi connectivity index (χ4v) is 4.36. The van der Waals surface area contributed by atoms with Crippen molar-refractivity contribution in [2.24, 2.45) is 0 Å². The van der Waals surface area contributed by atoms with Crippen LogP contribution < -0.4 is 0 Å². The molecular weight excluding hydrogens is 326 g/mol. The molecule has 0 radical (unpaired) electrons. The highest BCUT2D eigenvalue weighted by molar-refractivity contribution is 5.82. The molecule has 0 atom stereocenters. The molecule has 140 valence electrons. The summed E-state index contributed by atoms with van der Waals surface area (Å²) in [6.07, 6.45) is 6.85. The standard InChI is InChI=1S/C26H31N/c1-18-14-22(17-23(15-18)26(2,3)4)25-13-11-21-16-20(10-12-24(21)27-25)19-8-6-5-7-9-19/h10-17,19H,5-9H2,1-4H3. The Balaban J connectivity index is 1.71. The number of fused-ring (bicyclic) bond motifs is 1. The van der Waals surface area contributed by atoms with Crippen LogP contribution in [-0.2, 0) is 5.41 Å². The maximum absolute atomic E-state index is 5.00. The number of nitrogens with zero attached hydrogens (tertiary/aromatic N) is 1. The molecule has 1 nitrogen and oxygen atoms in total. The van der Waals surface area contributed by atoms with Gasteiger partial charge >= 0.3 is 0 Å². The quantitative estimate of drug-likeness (QED) is 0.461. The summed E-state index contributed by atoms with van der Waals surface area (Å²) in [7, 11) is 0. The normalized spacial score (nSPS) is 16.0. The third kappa shape index (κ3) is 3.93. The van der Waals surface area contributed by atoms with Gasteiger partial charge in [0.1, 0.15) is 0 Å². The average Bonchev–Trinajstić information content (AvgIpc) is 2.66. The molecule has 0 amide bonds. The SMILES string of the molecule is Cc1cc(-c2ccc3cc(C4CCCCC4)ccc3n2)cc(C(C)(C)C)c1. The lowest BCUT2D eigenvalue weighted by atomic mass is 9.83. The number of aromatic nitrogens is 1. The molecule has 4 rings (SSSR count). The Kier molecular flexibility index (Phi) is 4.80. The van der Waals surface area contributed by atoms with E-state index in [2.05, 4.69) is 76.2 Å². The summed E-state index contributed by atoms with van der Waals surface area (Å²) in [5.74, 6) is 0.744. The average molecular weight is 358 g/mol. The van der Waals surface area contributed by atoms with Gasteiger partial charge in [0.25, 0.3) is 0 Å². The second-order valence-corrected chi connectivity index (χ2v) is 9.32. The van der Waals surface area contributed by atoms with Crippen LogP contribution >= 0.6 is 0 Å². The number of benzene rings is 2. The van der Waals surface area contributed by atoms with E-state index in [9.17, 15) is 0 Å². The first-order chi connectivity index (χ1) is 12.9. The molecule has 1 saturated carbocycles. The molecule has 0 spiro atoms. The van der Waals surface area contributed by atoms with Crippen LogP contribution in [0.5, 0.6) is 0 Å². The molecule has 0 saturated heterocycles. The number of pyridine rings is 1. The third-order valence-corrected chi connectivity index (χ3v) is 6.03. The van der Waals surface area contributed by atoms with Crippen LogP contribution in [0.1, 0.15) is 75.5 Å². The highest BCUT2D eigenvalue weighted by Gasteiger charge is 2.17. The lowest BCUT2D eigenvalue weighted by molar-refractivity contribution is 0.444. The predicted molar refractivity (Wildman–Crippen MR) is 116 cm³/mol. The van der Waals surface area contributed by atoms with E-state index in [1.807, 2.05) is 0 Å². The first-order valence-corrected chi connectivity index (χ1v) is 10.4. The molecule has 1 heteroatoms. The lowest BCUT2D eigenvalue weighted by Crippen LogP contribution is -2.11. The van der Waals surface area contributed by atoms with Gasteiger partial charge in [-0.3, -0.25) is 0 Å². The van der Waals surface area contributed by atoms with Crippen molar-refractivity contribution in [3.05, 3.63) is 65.2 Å². The number of hydrogen-bond donors (Lipinski definition) is 0. The van der Waals surface area contributed by atoms with Crippen LogP contribution in [0.25, 0.3) is 22.2 Å². The number of aryl methyl sites for hydroxylation is 1. The van der Waals surface area contributed by atoms with Gasteiger partial charge in [-0.25, -0.2) is 4.98 Å². The molecule has 1 fully saturated rings. The van der Waals surface area contributed by atoms with E-state index in [1.165, 1.54) is 59.7 Å². The summed E-state index contributed by atoms with van der Waals surface area (Å²) in [6, 6.07) is 18.2. The molecular formula is C26H31N. The first kappa shape index (κ1) is 18.2. The van der Waals surface area contributed by atoms with Crippen molar-refractivity contribution in [1.82, 2.24) is 4.98 Å². The predicted octanol–water partition coefficient (Wildman–Crippen LogP) is 7.56. The van der Waals surface area contributed by atoms with Crippen molar-refractivity contribution < 1.29 is 0 Å². The third-order valence-electron chi connectivity index (χ3n) is 6.03. The van der Waals surface area contributed by atoms with E-state index in [4.69, 9.17) is 4.98 Å². The van der Waals surface area contributed by atoms with Crippen molar-refractivity contribution in [2.75, 3.05) is 0 Å². The van der Waals surface area contributed by atoms with Crippen molar-refractivity contribution in [3.63, 3.8) is 0 Å². The van der Waals surface area contributed by atoms with Gasteiger partial charge in [-0.15, -0.1) is 0 Å². The number of hydrogen-bond acceptors (Lipinski definition) is 1. The smallest absolute Gasteiger partial charge is 0.0709 e. The fraction of sp³-hybridized carbons (Fsp3) is 0.423. The van der Waals surface area contributed by atoms with Gasteiger partial charge in [0, 0.05) is 10.9 Å². The van der Waals surface area contributed by atoms with Gasteiger partial charge in [-0.2, -0.15) is 0 Å². The highest BCUT2D eigenvalue weighted by Crippen LogP contribution is 2.34. The van der Waals surface area contributed by atoms with Crippen molar-refractivity contribution in [2.45, 2.75) is 71.1 Å². The molecule has 0 unspecified atom stereocenters. The minimum atomic E-state index is 0.145. The second-order valence-electron chi connectivity index (χ2n) is 9.32. The Labute approximate surface area is 163 Å². The van der Waals surface area contributed by atoms with Crippen LogP contribution in [0, 0.1) is 6.92 Å². The van der Waals surface area contributed by atoms with Gasteiger partial charge in [-0.1, -0.05) is 63.8 Å². The minimum Gasteiger partial charge on any atom is -0.248 e. The second kappa shape index (κ2) is 7.11. The molecule has 1 aromatic heterocycles. The summed E-state index contributed by atoms with van der Waals surface area (Å²) in [5, 5.41) is 1.27. The Morgan fingerprint density at radius 2 is 1.63 bits per heavy atom. The van der Waals surface area contributed by atoms with Crippen molar-refractivity contribution in [3.8, 4) is 11.3 Å². The van der Waals surface area contributed by atoms with E-state index in [0.29, 0.717) is 0 Å². The fourth-order valence-electron chi connectivity index (χ4n) is 4.36. The zero-order chi connectivity index (χ0) is 19.0. The molecule has 1 heterocycles. The Morgan fingerprint density at radius 3 is 2.37 bits per heavy atom. The van der Waals surface area contributed by atoms with E-state index in [1.54, 1.807) is 0 Å². The maximum Gasteiger partial charge on any atom is 0.0709 e. The van der Waals surface area contributed by atoms with Gasteiger partial charge in [0.05, 0.1) is 11.2 Å². The topological polar surface area (TPSA) is 12.9 Å². The molecule has 2 aromatic carbocycles. The van der Waals surface area contributed by atoms with Gasteiger partial charge in [-0.05, 0) is 72.6 Å². The Morgan fingerprint density at radius 1 is 0.852 bits per heavy atom. The molecule has 1 aliphatic carbocycles. The van der Waals surface area contributed by atoms with E-state index in [0.717, 1.165) is 17.1 Å². The first-order valence-electron chi connectivity index (χ1n) is 10.4. The van der Waals surface area contributed by atoms with E-state index < -0.39 is 0 Å². The number of rotatable bonds is 2. The van der Waals surface area contributed by atoms with Gasteiger partial charge < -0.3 is 0 Å². The molecule has 27 heavy (non-hydrogen) atoms. The Hall–Kier alpha value is -2.15. The molecule has 0 bridgehead atoms. The monoisotopic (exact) mass is 357 g/mol. The Bertz CT molecular complexity index is 956. The van der Waals surface area contributed by atoms with Gasteiger partial charge in [0.2, 0.25) is 0 Å². The zero-order valence-electron chi connectivity index (χ0n) is 17.2. The molecule has 1 aliphatic rings. The minimum absolute atomic E-state index is 0.145. The molecule has 3 aromatic rings. The summed E-state index contributed by atoms with van der Waals surface area (Å²) >= 11 is 0. The van der Waals surface area contributed by atoms with Crippen LogP contribution in [0.15, 0.2) is 48.5 Å². The van der Waals surface area contributed by atoms with E-state index >= 15 is 0 Å².